The highest BCUT2D eigenvalue weighted by Gasteiger charge is 2.32. The molecule has 0 aliphatic carbocycles. The first-order valence-electron chi connectivity index (χ1n) is 7.54. The Hall–Kier alpha value is -1.98. The number of hydrogen-bond donors (Lipinski definition) is 1. The largest absolute Gasteiger partial charge is 0.383 e. The third kappa shape index (κ3) is 3.21. The molecule has 1 aliphatic heterocycles. The van der Waals surface area contributed by atoms with Crippen LogP contribution in [0.5, 0.6) is 0 Å². The first-order chi connectivity index (χ1) is 11.2. The fraction of sp³-hybridized carbons (Fsp3) is 0.278. The minimum Gasteiger partial charge on any atom is -0.383 e. The van der Waals surface area contributed by atoms with Crippen LogP contribution < -0.4 is 5.32 Å². The van der Waals surface area contributed by atoms with Crippen LogP contribution in [-0.2, 0) is 4.74 Å². The third-order valence-electron chi connectivity index (χ3n) is 3.99. The van der Waals surface area contributed by atoms with E-state index in [0.29, 0.717) is 18.7 Å². The molecule has 2 aromatic carbocycles. The molecule has 1 unspecified atom stereocenters. The zero-order chi connectivity index (χ0) is 16.2. The van der Waals surface area contributed by atoms with Crippen molar-refractivity contribution in [3.63, 3.8) is 0 Å². The minimum atomic E-state index is -0.177. The van der Waals surface area contributed by atoms with Gasteiger partial charge in [-0.05, 0) is 36.1 Å². The molecule has 5 heteroatoms. The molecule has 23 heavy (non-hydrogen) atoms. The predicted molar refractivity (Wildman–Crippen MR) is 93.9 cm³/mol. The van der Waals surface area contributed by atoms with Crippen LogP contribution in [0.3, 0.4) is 0 Å². The number of anilines is 1. The monoisotopic (exact) mass is 328 g/mol. The molecular formula is C18H20N2O2S. The maximum Gasteiger partial charge on any atom is 0.257 e. The van der Waals surface area contributed by atoms with Crippen LogP contribution in [0.4, 0.5) is 5.69 Å². The van der Waals surface area contributed by atoms with E-state index in [9.17, 15) is 4.79 Å². The van der Waals surface area contributed by atoms with Crippen molar-refractivity contribution in [3.8, 4) is 0 Å². The van der Waals surface area contributed by atoms with Gasteiger partial charge in [0, 0.05) is 24.2 Å². The number of fused-ring (bicyclic) bond motifs is 1. The van der Waals surface area contributed by atoms with E-state index in [1.165, 1.54) is 4.90 Å². The number of ether oxygens (including phenoxy) is 1. The fourth-order valence-corrected chi connectivity index (χ4v) is 3.17. The van der Waals surface area contributed by atoms with Crippen LogP contribution in [0.25, 0.3) is 0 Å². The second-order valence-electron chi connectivity index (χ2n) is 5.36. The van der Waals surface area contributed by atoms with Crippen LogP contribution in [-0.4, -0.2) is 37.3 Å². The first-order valence-corrected chi connectivity index (χ1v) is 8.76. The lowest BCUT2D eigenvalue weighted by Gasteiger charge is -2.38. The normalized spacial score (nSPS) is 16.9. The van der Waals surface area contributed by atoms with Crippen molar-refractivity contribution < 1.29 is 9.53 Å². The lowest BCUT2D eigenvalue weighted by Crippen LogP contribution is -2.44. The Kier molecular flexibility index (Phi) is 4.88. The van der Waals surface area contributed by atoms with E-state index in [1.54, 1.807) is 18.9 Å². The van der Waals surface area contributed by atoms with Crippen molar-refractivity contribution in [3.05, 3.63) is 59.7 Å². The molecule has 0 fully saturated rings. The Morgan fingerprint density at radius 2 is 1.91 bits per heavy atom. The molecular weight excluding hydrogens is 308 g/mol. The van der Waals surface area contributed by atoms with E-state index in [1.807, 2.05) is 29.2 Å². The summed E-state index contributed by atoms with van der Waals surface area (Å²) in [5, 5.41) is 3.48. The molecule has 0 aromatic heterocycles. The Morgan fingerprint density at radius 3 is 2.61 bits per heavy atom. The summed E-state index contributed by atoms with van der Waals surface area (Å²) in [6.07, 6.45) is 1.88. The van der Waals surface area contributed by atoms with Gasteiger partial charge in [0.25, 0.3) is 5.91 Å². The minimum absolute atomic E-state index is 0.0374. The molecule has 1 atom stereocenters. The molecule has 1 heterocycles. The molecule has 0 spiro atoms. The van der Waals surface area contributed by atoms with Crippen LogP contribution in [0.1, 0.15) is 22.1 Å². The van der Waals surface area contributed by atoms with Crippen molar-refractivity contribution >= 4 is 23.4 Å². The number of amides is 1. The number of benzene rings is 2. The van der Waals surface area contributed by atoms with Crippen LogP contribution in [0.2, 0.25) is 0 Å². The number of carbonyl (C=O) groups is 1. The van der Waals surface area contributed by atoms with Crippen LogP contribution >= 0.6 is 11.8 Å². The lowest BCUT2D eigenvalue weighted by molar-refractivity contribution is 0.0609. The first kappa shape index (κ1) is 15.9. The van der Waals surface area contributed by atoms with E-state index in [4.69, 9.17) is 4.74 Å². The molecule has 1 amide bonds. The zero-order valence-electron chi connectivity index (χ0n) is 13.3. The fourth-order valence-electron chi connectivity index (χ4n) is 2.76. The van der Waals surface area contributed by atoms with Crippen molar-refractivity contribution in [2.45, 2.75) is 11.1 Å². The number of rotatable bonds is 5. The lowest BCUT2D eigenvalue weighted by atomic mass is 10.0. The van der Waals surface area contributed by atoms with Gasteiger partial charge in [0.05, 0.1) is 12.2 Å². The Morgan fingerprint density at radius 1 is 1.17 bits per heavy atom. The highest BCUT2D eigenvalue weighted by molar-refractivity contribution is 7.98. The van der Waals surface area contributed by atoms with Crippen molar-refractivity contribution in [1.29, 1.82) is 0 Å². The quantitative estimate of drug-likeness (QED) is 0.851. The molecule has 0 saturated carbocycles. The van der Waals surface area contributed by atoms with E-state index >= 15 is 0 Å². The Bertz CT molecular complexity index is 688. The molecule has 2 aromatic rings. The highest BCUT2D eigenvalue weighted by atomic mass is 32.2. The average molecular weight is 328 g/mol. The van der Waals surface area contributed by atoms with Gasteiger partial charge in [-0.2, -0.15) is 0 Å². The molecule has 0 bridgehead atoms. The molecule has 1 aliphatic rings. The van der Waals surface area contributed by atoms with Gasteiger partial charge < -0.3 is 15.0 Å². The summed E-state index contributed by atoms with van der Waals surface area (Å²) in [6, 6.07) is 16.0. The van der Waals surface area contributed by atoms with E-state index in [0.717, 1.165) is 11.3 Å². The maximum atomic E-state index is 12.9. The predicted octanol–water partition coefficient (Wildman–Crippen LogP) is 3.62. The summed E-state index contributed by atoms with van der Waals surface area (Å²) in [7, 11) is 1.65. The summed E-state index contributed by atoms with van der Waals surface area (Å²) in [4.78, 5) is 15.9. The van der Waals surface area contributed by atoms with Crippen molar-refractivity contribution in [2.75, 3.05) is 31.8 Å². The van der Waals surface area contributed by atoms with E-state index < -0.39 is 0 Å². The van der Waals surface area contributed by atoms with Gasteiger partial charge in [-0.1, -0.05) is 24.3 Å². The van der Waals surface area contributed by atoms with Crippen LogP contribution in [0, 0.1) is 0 Å². The average Bonchev–Trinajstić information content (AvgIpc) is 2.61. The Labute approximate surface area is 140 Å². The van der Waals surface area contributed by atoms with Crippen LogP contribution in [0.15, 0.2) is 53.4 Å². The summed E-state index contributed by atoms with van der Waals surface area (Å²) in [5.74, 6) is 0.0374. The molecule has 3 rings (SSSR count). The van der Waals surface area contributed by atoms with Gasteiger partial charge in [-0.3, -0.25) is 4.79 Å². The van der Waals surface area contributed by atoms with Gasteiger partial charge >= 0.3 is 0 Å². The Balaban J connectivity index is 1.96. The van der Waals surface area contributed by atoms with Gasteiger partial charge in [0.2, 0.25) is 0 Å². The maximum absolute atomic E-state index is 12.9. The highest BCUT2D eigenvalue weighted by Crippen LogP contribution is 2.33. The number of nitrogens with one attached hydrogen (secondary N) is 1. The van der Waals surface area contributed by atoms with E-state index in [2.05, 4.69) is 35.8 Å². The summed E-state index contributed by atoms with van der Waals surface area (Å²) >= 11 is 1.71. The van der Waals surface area contributed by atoms with Crippen molar-refractivity contribution in [1.82, 2.24) is 4.90 Å². The summed E-state index contributed by atoms with van der Waals surface area (Å²) in [5.41, 5.74) is 2.66. The van der Waals surface area contributed by atoms with Gasteiger partial charge in [-0.15, -0.1) is 11.8 Å². The SMILES string of the molecule is COCCN1C(=O)c2ccccc2NC1c1ccc(SC)cc1. The number of nitrogens with zero attached hydrogens (tertiary/aromatic N) is 1. The molecule has 4 nitrogen and oxygen atoms in total. The van der Waals surface area contributed by atoms with Gasteiger partial charge in [0.15, 0.2) is 0 Å². The number of methoxy groups -OCH3 is 1. The second kappa shape index (κ2) is 7.06. The molecule has 0 saturated heterocycles. The second-order valence-corrected chi connectivity index (χ2v) is 6.24. The van der Waals surface area contributed by atoms with E-state index in [-0.39, 0.29) is 12.1 Å². The number of thioether (sulfide) groups is 1. The third-order valence-corrected chi connectivity index (χ3v) is 4.73. The number of hydrogen-bond acceptors (Lipinski definition) is 4. The molecule has 1 N–H and O–H groups in total. The zero-order valence-corrected chi connectivity index (χ0v) is 14.1. The number of carbonyl (C=O) groups excluding carboxylic acids is 1. The smallest absolute Gasteiger partial charge is 0.257 e. The topological polar surface area (TPSA) is 41.6 Å². The standard InChI is InChI=1S/C18H20N2O2S/c1-22-12-11-20-17(13-7-9-14(23-2)10-8-13)19-16-6-4-3-5-15(16)18(20)21/h3-10,17,19H,11-12H2,1-2H3. The van der Waals surface area contributed by atoms with Crippen molar-refractivity contribution in [2.24, 2.45) is 0 Å². The summed E-state index contributed by atoms with van der Waals surface area (Å²) < 4.78 is 5.18. The number of para-hydroxylation sites is 1. The van der Waals surface area contributed by atoms with Gasteiger partial charge in [-0.25, -0.2) is 0 Å². The molecule has 0 radical (unpaired) electrons. The molecule has 120 valence electrons. The van der Waals surface area contributed by atoms with Gasteiger partial charge in [0.1, 0.15) is 6.17 Å². The summed E-state index contributed by atoms with van der Waals surface area (Å²) in [6.45, 7) is 1.06.